The largest absolute Gasteiger partial charge is 0.492 e. The first-order chi connectivity index (χ1) is 6.87. The smallest absolute Gasteiger partial charge is 0.235 e. The molecule has 0 fully saturated rings. The quantitative estimate of drug-likeness (QED) is 0.801. The zero-order valence-corrected chi connectivity index (χ0v) is 10.5. The first kappa shape index (κ1) is 12.9. The Morgan fingerprint density at radius 3 is 2.13 bits per heavy atom. The molecule has 0 saturated heterocycles. The Kier molecular flexibility index (Phi) is 4.52. The van der Waals surface area contributed by atoms with Crippen LogP contribution in [0.25, 0.3) is 0 Å². The Hall–Kier alpha value is -0.160. The normalized spacial score (nSPS) is 11.4. The van der Waals surface area contributed by atoms with Gasteiger partial charge in [0.25, 0.3) is 0 Å². The van der Waals surface area contributed by atoms with Gasteiger partial charge < -0.3 is 4.74 Å². The van der Waals surface area contributed by atoms with Crippen molar-refractivity contribution in [3.05, 3.63) is 28.2 Å². The summed E-state index contributed by atoms with van der Waals surface area (Å²) in [5.41, 5.74) is 0. The maximum Gasteiger partial charge on any atom is 0.235 e. The third-order valence-corrected chi connectivity index (χ3v) is 2.99. The van der Waals surface area contributed by atoms with E-state index in [9.17, 15) is 8.42 Å². The molecule has 0 amide bonds. The van der Waals surface area contributed by atoms with E-state index in [-0.39, 0.29) is 12.4 Å². The van der Waals surface area contributed by atoms with E-state index in [0.29, 0.717) is 15.8 Å². The van der Waals surface area contributed by atoms with Crippen molar-refractivity contribution in [2.45, 2.75) is 0 Å². The zero-order chi connectivity index (χ0) is 11.5. The molecular weight excluding hydrogens is 283 g/mol. The fourth-order valence-corrected chi connectivity index (χ4v) is 1.85. The van der Waals surface area contributed by atoms with Crippen LogP contribution in [-0.2, 0) is 9.05 Å². The minimum Gasteiger partial charge on any atom is -0.492 e. The second-order valence-electron chi connectivity index (χ2n) is 2.70. The van der Waals surface area contributed by atoms with Gasteiger partial charge in [0.05, 0.1) is 5.75 Å². The molecule has 7 heteroatoms. The number of ether oxygens (including phenoxy) is 1. The Morgan fingerprint density at radius 1 is 1.13 bits per heavy atom. The van der Waals surface area contributed by atoms with Gasteiger partial charge in [-0.2, -0.15) is 0 Å². The first-order valence-corrected chi connectivity index (χ1v) is 7.11. The summed E-state index contributed by atoms with van der Waals surface area (Å²) in [6.07, 6.45) is 0. The second kappa shape index (κ2) is 5.25. The first-order valence-electron chi connectivity index (χ1n) is 3.88. The van der Waals surface area contributed by atoms with Gasteiger partial charge in [-0.05, 0) is 18.2 Å². The van der Waals surface area contributed by atoms with E-state index < -0.39 is 9.05 Å². The number of benzene rings is 1. The second-order valence-corrected chi connectivity index (χ2v) is 6.47. The van der Waals surface area contributed by atoms with Gasteiger partial charge in [-0.15, -0.1) is 0 Å². The molecule has 1 rings (SSSR count). The summed E-state index contributed by atoms with van der Waals surface area (Å²) in [6.45, 7) is -0.0392. The molecule has 1 aromatic carbocycles. The lowest BCUT2D eigenvalue weighted by atomic mass is 10.3. The lowest BCUT2D eigenvalue weighted by Gasteiger charge is -2.05. The number of hydrogen-bond acceptors (Lipinski definition) is 3. The summed E-state index contributed by atoms with van der Waals surface area (Å²) < 4.78 is 26.3. The average molecular weight is 290 g/mol. The van der Waals surface area contributed by atoms with Crippen LogP contribution in [0, 0.1) is 0 Å². The topological polar surface area (TPSA) is 43.4 Å². The molecule has 0 unspecified atom stereocenters. The van der Waals surface area contributed by atoms with Crippen LogP contribution >= 0.6 is 33.9 Å². The molecule has 0 aliphatic carbocycles. The van der Waals surface area contributed by atoms with Crippen LogP contribution in [-0.4, -0.2) is 20.8 Å². The SMILES string of the molecule is O=S(=O)(Cl)CCOc1cc(Cl)cc(Cl)c1. The van der Waals surface area contributed by atoms with Crippen LogP contribution in [0.3, 0.4) is 0 Å². The van der Waals surface area contributed by atoms with Crippen molar-refractivity contribution in [2.75, 3.05) is 12.4 Å². The molecule has 1 aromatic rings. The third kappa shape index (κ3) is 5.47. The van der Waals surface area contributed by atoms with Gasteiger partial charge in [-0.3, -0.25) is 0 Å². The van der Waals surface area contributed by atoms with Gasteiger partial charge in [0.2, 0.25) is 9.05 Å². The summed E-state index contributed by atoms with van der Waals surface area (Å²) in [5, 5.41) is 0.845. The Balaban J connectivity index is 2.58. The highest BCUT2D eigenvalue weighted by Crippen LogP contribution is 2.24. The van der Waals surface area contributed by atoms with E-state index in [4.69, 9.17) is 38.6 Å². The molecule has 0 radical (unpaired) electrons. The van der Waals surface area contributed by atoms with Crippen LogP contribution in [0.15, 0.2) is 18.2 Å². The van der Waals surface area contributed by atoms with Crippen LogP contribution < -0.4 is 4.74 Å². The predicted molar refractivity (Wildman–Crippen MR) is 61.6 cm³/mol. The summed E-state index contributed by atoms with van der Waals surface area (Å²) in [5.74, 6) is 0.145. The molecule has 0 aromatic heterocycles. The molecule has 3 nitrogen and oxygen atoms in total. The number of rotatable bonds is 4. The highest BCUT2D eigenvalue weighted by atomic mass is 35.7. The van der Waals surface area contributed by atoms with E-state index in [2.05, 4.69) is 0 Å². The lowest BCUT2D eigenvalue weighted by Crippen LogP contribution is -2.08. The maximum absolute atomic E-state index is 10.6. The molecule has 0 N–H and O–H groups in total. The zero-order valence-electron chi connectivity index (χ0n) is 7.41. The Bertz CT molecular complexity index is 424. The highest BCUT2D eigenvalue weighted by Gasteiger charge is 2.06. The standard InChI is InChI=1S/C8H7Cl3O3S/c9-6-3-7(10)5-8(4-6)14-1-2-15(11,12)13/h3-5H,1-2H2. The van der Waals surface area contributed by atoms with Crippen molar-refractivity contribution in [1.29, 1.82) is 0 Å². The minimum absolute atomic E-state index is 0.0392. The fourth-order valence-electron chi connectivity index (χ4n) is 0.871. The van der Waals surface area contributed by atoms with Gasteiger partial charge >= 0.3 is 0 Å². The lowest BCUT2D eigenvalue weighted by molar-refractivity contribution is 0.341. The average Bonchev–Trinajstić information content (AvgIpc) is 1.99. The molecule has 0 saturated carbocycles. The van der Waals surface area contributed by atoms with Crippen molar-refractivity contribution in [1.82, 2.24) is 0 Å². The van der Waals surface area contributed by atoms with Gasteiger partial charge in [-0.1, -0.05) is 23.2 Å². The fraction of sp³-hybridized carbons (Fsp3) is 0.250. The maximum atomic E-state index is 10.6. The number of hydrogen-bond donors (Lipinski definition) is 0. The Morgan fingerprint density at radius 2 is 1.67 bits per heavy atom. The summed E-state index contributed by atoms with van der Waals surface area (Å²) in [6, 6.07) is 4.62. The molecule has 0 spiro atoms. The van der Waals surface area contributed by atoms with E-state index in [1.807, 2.05) is 0 Å². The van der Waals surface area contributed by atoms with Gasteiger partial charge in [0, 0.05) is 20.7 Å². The number of halogens is 3. The van der Waals surface area contributed by atoms with Crippen LogP contribution in [0.2, 0.25) is 10.0 Å². The molecule has 84 valence electrons. The monoisotopic (exact) mass is 288 g/mol. The molecule has 0 aliphatic rings. The third-order valence-electron chi connectivity index (χ3n) is 1.43. The minimum atomic E-state index is -3.53. The highest BCUT2D eigenvalue weighted by molar-refractivity contribution is 8.13. The molecule has 0 aliphatic heterocycles. The van der Waals surface area contributed by atoms with Gasteiger partial charge in [0.15, 0.2) is 0 Å². The van der Waals surface area contributed by atoms with Crippen molar-refractivity contribution >= 4 is 42.9 Å². The van der Waals surface area contributed by atoms with Crippen LogP contribution in [0.5, 0.6) is 5.75 Å². The molecule has 0 bridgehead atoms. The summed E-state index contributed by atoms with van der Waals surface area (Å²) in [4.78, 5) is 0. The van der Waals surface area contributed by atoms with E-state index in [0.717, 1.165) is 0 Å². The van der Waals surface area contributed by atoms with Crippen molar-refractivity contribution < 1.29 is 13.2 Å². The van der Waals surface area contributed by atoms with E-state index in [1.165, 1.54) is 12.1 Å². The predicted octanol–water partition coefficient (Wildman–Crippen LogP) is 2.94. The van der Waals surface area contributed by atoms with E-state index >= 15 is 0 Å². The Labute approximate surface area is 102 Å². The van der Waals surface area contributed by atoms with Crippen molar-refractivity contribution in [3.8, 4) is 5.75 Å². The molecule has 0 atom stereocenters. The summed E-state index contributed by atoms with van der Waals surface area (Å²) in [7, 11) is 1.47. The van der Waals surface area contributed by atoms with Gasteiger partial charge in [-0.25, -0.2) is 8.42 Å². The molecular formula is C8H7Cl3O3S. The van der Waals surface area contributed by atoms with Crippen LogP contribution in [0.4, 0.5) is 0 Å². The molecule has 0 heterocycles. The van der Waals surface area contributed by atoms with Crippen molar-refractivity contribution in [3.63, 3.8) is 0 Å². The summed E-state index contributed by atoms with van der Waals surface area (Å²) >= 11 is 11.4. The van der Waals surface area contributed by atoms with Gasteiger partial charge in [0.1, 0.15) is 12.4 Å². The van der Waals surface area contributed by atoms with Crippen molar-refractivity contribution in [2.24, 2.45) is 0 Å². The van der Waals surface area contributed by atoms with Crippen LogP contribution in [0.1, 0.15) is 0 Å². The van der Waals surface area contributed by atoms with E-state index in [1.54, 1.807) is 6.07 Å². The molecule has 15 heavy (non-hydrogen) atoms.